The van der Waals surface area contributed by atoms with Gasteiger partial charge in [-0.15, -0.1) is 13.2 Å². The number of carbonyl (C=O) groups excluding carboxylic acids is 2. The maximum absolute atomic E-state index is 12.3. The maximum atomic E-state index is 12.3. The fraction of sp³-hybridized carbons (Fsp3) is 0.333. The van der Waals surface area contributed by atoms with E-state index >= 15 is 0 Å². The lowest BCUT2D eigenvalue weighted by Crippen LogP contribution is -2.42. The minimum Gasteiger partial charge on any atom is -0.419 e. The monoisotopic (exact) mass is 423 g/mol. The van der Waals surface area contributed by atoms with Gasteiger partial charge in [0, 0.05) is 24.5 Å². The van der Waals surface area contributed by atoms with Crippen molar-refractivity contribution in [3.63, 3.8) is 0 Å². The Morgan fingerprint density at radius 2 is 1.76 bits per heavy atom. The van der Waals surface area contributed by atoms with Crippen LogP contribution in [0.15, 0.2) is 28.4 Å². The molecule has 1 aliphatic rings. The number of cyclic esters (lactones) is 2. The lowest BCUT2D eigenvalue weighted by atomic mass is 10.2. The zero-order valence-electron chi connectivity index (χ0n) is 13.3. The zero-order valence-corrected chi connectivity index (χ0v) is 14.9. The summed E-state index contributed by atoms with van der Waals surface area (Å²) in [7, 11) is 0. The Morgan fingerprint density at radius 3 is 2.24 bits per heavy atom. The first kappa shape index (κ1) is 19.1. The molecule has 0 saturated carbocycles. The summed E-state index contributed by atoms with van der Waals surface area (Å²) in [6, 6.07) is 2.25. The van der Waals surface area contributed by atoms with Crippen molar-refractivity contribution in [1.82, 2.24) is 0 Å². The zero-order chi connectivity index (χ0) is 19.0. The van der Waals surface area contributed by atoms with Crippen LogP contribution >= 0.6 is 15.9 Å². The van der Waals surface area contributed by atoms with Gasteiger partial charge in [0.15, 0.2) is 5.57 Å². The van der Waals surface area contributed by atoms with E-state index in [1.807, 2.05) is 0 Å². The molecule has 1 fully saturated rings. The largest absolute Gasteiger partial charge is 0.573 e. The number of hydrogen-bond acceptors (Lipinski definition) is 6. The Labute approximate surface area is 149 Å². The van der Waals surface area contributed by atoms with Gasteiger partial charge in [-0.3, -0.25) is 0 Å². The Hall–Kier alpha value is -2.23. The van der Waals surface area contributed by atoms with E-state index in [0.717, 1.165) is 18.3 Å². The summed E-state index contributed by atoms with van der Waals surface area (Å²) in [6.07, 6.45) is -3.75. The van der Waals surface area contributed by atoms with E-state index in [2.05, 4.69) is 26.0 Å². The number of nitrogens with one attached hydrogen (secondary N) is 1. The first-order valence-electron chi connectivity index (χ1n) is 6.87. The second-order valence-electron chi connectivity index (χ2n) is 5.53. The molecule has 25 heavy (non-hydrogen) atoms. The quantitative estimate of drug-likeness (QED) is 0.452. The van der Waals surface area contributed by atoms with Crippen molar-refractivity contribution >= 4 is 33.6 Å². The predicted molar refractivity (Wildman–Crippen MR) is 83.5 cm³/mol. The number of aryl methyl sites for hydroxylation is 1. The average Bonchev–Trinajstić information content (AvgIpc) is 2.36. The maximum Gasteiger partial charge on any atom is 0.573 e. The molecule has 136 valence electrons. The summed E-state index contributed by atoms with van der Waals surface area (Å²) in [5.41, 5.74) is 0.344. The summed E-state index contributed by atoms with van der Waals surface area (Å²) >= 11 is 3.11. The van der Waals surface area contributed by atoms with E-state index in [9.17, 15) is 22.8 Å². The number of anilines is 1. The van der Waals surface area contributed by atoms with Crippen molar-refractivity contribution in [1.29, 1.82) is 0 Å². The van der Waals surface area contributed by atoms with Crippen LogP contribution in [0.3, 0.4) is 0 Å². The van der Waals surface area contributed by atoms with Gasteiger partial charge in [0.05, 0.1) is 5.69 Å². The third-order valence-corrected chi connectivity index (χ3v) is 3.60. The van der Waals surface area contributed by atoms with E-state index in [0.29, 0.717) is 11.3 Å². The molecule has 10 heteroatoms. The van der Waals surface area contributed by atoms with Crippen molar-refractivity contribution in [2.24, 2.45) is 0 Å². The molecule has 0 aliphatic carbocycles. The highest BCUT2D eigenvalue weighted by molar-refractivity contribution is 9.10. The normalized spacial score (nSPS) is 16.8. The van der Waals surface area contributed by atoms with Gasteiger partial charge in [-0.2, -0.15) is 0 Å². The molecule has 0 bridgehead atoms. The number of hydrogen-bond donors (Lipinski definition) is 1. The van der Waals surface area contributed by atoms with Crippen molar-refractivity contribution < 1.29 is 37.0 Å². The minimum atomic E-state index is -4.81. The predicted octanol–water partition coefficient (Wildman–Crippen LogP) is 3.79. The molecule has 0 spiro atoms. The van der Waals surface area contributed by atoms with Crippen LogP contribution in [0.5, 0.6) is 5.75 Å². The smallest absolute Gasteiger partial charge is 0.419 e. The number of ether oxygens (including phenoxy) is 3. The number of halogens is 4. The molecule has 0 atom stereocenters. The van der Waals surface area contributed by atoms with Crippen molar-refractivity contribution in [3.05, 3.63) is 33.9 Å². The highest BCUT2D eigenvalue weighted by Crippen LogP contribution is 2.34. The molecule has 6 nitrogen and oxygen atoms in total. The Morgan fingerprint density at radius 1 is 1.20 bits per heavy atom. The van der Waals surface area contributed by atoms with Crippen molar-refractivity contribution in [2.75, 3.05) is 5.32 Å². The van der Waals surface area contributed by atoms with Gasteiger partial charge in [-0.1, -0.05) is 0 Å². The SMILES string of the molecule is Cc1cc(OC(F)(F)F)cc(Br)c1NC=C1C(=O)OC(C)(C)OC1=O. The summed E-state index contributed by atoms with van der Waals surface area (Å²) in [5, 5.41) is 2.68. The molecule has 1 aliphatic heterocycles. The summed E-state index contributed by atoms with van der Waals surface area (Å²) in [5.74, 6) is -3.52. The molecule has 0 unspecified atom stereocenters. The van der Waals surface area contributed by atoms with Crippen LogP contribution in [0.1, 0.15) is 19.4 Å². The molecule has 2 rings (SSSR count). The van der Waals surface area contributed by atoms with Crippen LogP contribution in [0.4, 0.5) is 18.9 Å². The van der Waals surface area contributed by atoms with E-state index < -0.39 is 29.8 Å². The number of rotatable bonds is 3. The van der Waals surface area contributed by atoms with Gasteiger partial charge in [0.25, 0.3) is 5.79 Å². The third-order valence-electron chi connectivity index (χ3n) is 2.97. The minimum absolute atomic E-state index is 0.237. The molecule has 0 aromatic heterocycles. The highest BCUT2D eigenvalue weighted by atomic mass is 79.9. The first-order chi connectivity index (χ1) is 11.4. The Bertz CT molecular complexity index is 713. The molecular formula is C15H13BrF3NO5. The second-order valence-corrected chi connectivity index (χ2v) is 6.38. The van der Waals surface area contributed by atoms with Gasteiger partial charge in [0.1, 0.15) is 5.75 Å². The lowest BCUT2D eigenvalue weighted by molar-refractivity contribution is -0.274. The second kappa shape index (κ2) is 6.58. The molecule has 1 N–H and O–H groups in total. The molecular weight excluding hydrogens is 411 g/mol. The van der Waals surface area contributed by atoms with Gasteiger partial charge in [0.2, 0.25) is 0 Å². The van der Waals surface area contributed by atoms with Crippen LogP contribution in [-0.2, 0) is 19.1 Å². The Kier molecular flexibility index (Phi) is 5.03. The summed E-state index contributed by atoms with van der Waals surface area (Å²) < 4.78 is 50.8. The number of benzene rings is 1. The first-order valence-corrected chi connectivity index (χ1v) is 7.66. The molecule has 1 aromatic carbocycles. The number of esters is 2. The van der Waals surface area contributed by atoms with E-state index in [-0.39, 0.29) is 10.0 Å². The molecule has 0 amide bonds. The Balaban J connectivity index is 2.23. The van der Waals surface area contributed by atoms with Crippen LogP contribution in [0, 0.1) is 6.92 Å². The summed E-state index contributed by atoms with van der Waals surface area (Å²) in [4.78, 5) is 23.7. The lowest BCUT2D eigenvalue weighted by Gasteiger charge is -2.29. The van der Waals surface area contributed by atoms with Crippen LogP contribution in [0.2, 0.25) is 0 Å². The molecule has 1 heterocycles. The fourth-order valence-electron chi connectivity index (χ4n) is 2.01. The van der Waals surface area contributed by atoms with Gasteiger partial charge in [-0.25, -0.2) is 9.59 Å². The average molecular weight is 424 g/mol. The van der Waals surface area contributed by atoms with E-state index in [1.165, 1.54) is 20.8 Å². The fourth-order valence-corrected chi connectivity index (χ4v) is 2.66. The molecule has 1 saturated heterocycles. The van der Waals surface area contributed by atoms with Crippen LogP contribution < -0.4 is 10.1 Å². The van der Waals surface area contributed by atoms with E-state index in [1.54, 1.807) is 0 Å². The highest BCUT2D eigenvalue weighted by Gasteiger charge is 2.39. The number of alkyl halides is 3. The van der Waals surface area contributed by atoms with Crippen LogP contribution in [0.25, 0.3) is 0 Å². The third kappa shape index (κ3) is 4.88. The van der Waals surface area contributed by atoms with Crippen molar-refractivity contribution in [2.45, 2.75) is 32.9 Å². The van der Waals surface area contributed by atoms with E-state index in [4.69, 9.17) is 9.47 Å². The molecule has 0 radical (unpaired) electrons. The number of carbonyl (C=O) groups is 2. The summed E-state index contributed by atoms with van der Waals surface area (Å²) in [6.45, 7) is 4.34. The van der Waals surface area contributed by atoms with Gasteiger partial charge in [-0.05, 0) is 40.5 Å². The topological polar surface area (TPSA) is 73.9 Å². The van der Waals surface area contributed by atoms with Crippen LogP contribution in [-0.4, -0.2) is 24.1 Å². The molecule has 1 aromatic rings. The van der Waals surface area contributed by atoms with Gasteiger partial charge < -0.3 is 19.5 Å². The van der Waals surface area contributed by atoms with Crippen molar-refractivity contribution in [3.8, 4) is 5.75 Å². The van der Waals surface area contributed by atoms with Gasteiger partial charge >= 0.3 is 18.3 Å². The standard InChI is InChI=1S/C15H13BrF3NO5/c1-7-4-8(23-15(17,18)19)5-10(16)11(7)20-6-9-12(21)24-14(2,3)25-13(9)22/h4-6,20H,1-3H3.